The molecule has 2 N–H and O–H groups in total. The Kier molecular flexibility index (Phi) is 3.95. The van der Waals surface area contributed by atoms with Crippen molar-refractivity contribution >= 4 is 9.84 Å². The summed E-state index contributed by atoms with van der Waals surface area (Å²) >= 11 is 0. The fourth-order valence-corrected chi connectivity index (χ4v) is 3.82. The van der Waals surface area contributed by atoms with Crippen LogP contribution in [-0.2, 0) is 9.84 Å². The monoisotopic (exact) mass is 219 g/mol. The summed E-state index contributed by atoms with van der Waals surface area (Å²) in [5.41, 5.74) is 5.98. The smallest absolute Gasteiger partial charge is 0.150 e. The Balaban J connectivity index is 2.36. The topological polar surface area (TPSA) is 60.2 Å². The van der Waals surface area contributed by atoms with Gasteiger partial charge in [-0.25, -0.2) is 8.42 Å². The molecule has 14 heavy (non-hydrogen) atoms. The molecular weight excluding hydrogens is 198 g/mol. The fourth-order valence-electron chi connectivity index (χ4n) is 1.92. The van der Waals surface area contributed by atoms with Crippen LogP contribution in [-0.4, -0.2) is 26.0 Å². The molecule has 2 unspecified atom stereocenters. The molecule has 1 rings (SSSR count). The average Bonchev–Trinajstić information content (AvgIpc) is 2.41. The zero-order valence-electron chi connectivity index (χ0n) is 9.07. The molecule has 0 saturated carbocycles. The Bertz CT molecular complexity index is 272. The van der Waals surface area contributed by atoms with E-state index in [2.05, 4.69) is 13.8 Å². The van der Waals surface area contributed by atoms with Crippen LogP contribution >= 0.6 is 0 Å². The minimum atomic E-state index is -2.76. The van der Waals surface area contributed by atoms with E-state index in [9.17, 15) is 8.42 Å². The van der Waals surface area contributed by atoms with Crippen molar-refractivity contribution in [3.05, 3.63) is 0 Å². The van der Waals surface area contributed by atoms with Crippen molar-refractivity contribution < 1.29 is 8.42 Å². The Labute approximate surface area is 87.0 Å². The van der Waals surface area contributed by atoms with Gasteiger partial charge in [-0.05, 0) is 31.1 Å². The highest BCUT2D eigenvalue weighted by Gasteiger charge is 2.31. The van der Waals surface area contributed by atoms with Crippen molar-refractivity contribution in [2.75, 3.05) is 11.5 Å². The molecule has 0 bridgehead atoms. The van der Waals surface area contributed by atoms with Crippen molar-refractivity contribution in [1.29, 1.82) is 0 Å². The number of sulfone groups is 1. The molecule has 1 aliphatic heterocycles. The molecule has 1 fully saturated rings. The van der Waals surface area contributed by atoms with Crippen molar-refractivity contribution in [3.63, 3.8) is 0 Å². The lowest BCUT2D eigenvalue weighted by atomic mass is 9.93. The quantitative estimate of drug-likeness (QED) is 0.772. The van der Waals surface area contributed by atoms with E-state index in [4.69, 9.17) is 5.73 Å². The first kappa shape index (κ1) is 12.0. The Morgan fingerprint density at radius 2 is 2.00 bits per heavy atom. The van der Waals surface area contributed by atoms with Gasteiger partial charge in [-0.3, -0.25) is 0 Å². The summed E-state index contributed by atoms with van der Waals surface area (Å²) in [5, 5.41) is 0. The SMILES string of the molecule is CC(C)CCC(N)C1CCS(=O)(=O)C1. The van der Waals surface area contributed by atoms with E-state index in [1.807, 2.05) is 0 Å². The molecular formula is C10H21NO2S. The van der Waals surface area contributed by atoms with Gasteiger partial charge in [-0.1, -0.05) is 13.8 Å². The number of nitrogens with two attached hydrogens (primary N) is 1. The number of rotatable bonds is 4. The zero-order valence-corrected chi connectivity index (χ0v) is 9.89. The van der Waals surface area contributed by atoms with Crippen molar-refractivity contribution in [2.45, 2.75) is 39.2 Å². The van der Waals surface area contributed by atoms with Crippen molar-refractivity contribution in [2.24, 2.45) is 17.6 Å². The van der Waals surface area contributed by atoms with Crippen LogP contribution in [0.2, 0.25) is 0 Å². The number of hydrogen-bond donors (Lipinski definition) is 1. The molecule has 1 aliphatic rings. The maximum absolute atomic E-state index is 11.2. The molecule has 0 spiro atoms. The van der Waals surface area contributed by atoms with E-state index in [0.717, 1.165) is 19.3 Å². The summed E-state index contributed by atoms with van der Waals surface area (Å²) in [6, 6.07) is 0.0784. The van der Waals surface area contributed by atoms with Gasteiger partial charge in [-0.15, -0.1) is 0 Å². The maximum atomic E-state index is 11.2. The lowest BCUT2D eigenvalue weighted by Crippen LogP contribution is -2.31. The molecule has 0 amide bonds. The molecule has 0 aromatic rings. The van der Waals surface area contributed by atoms with Crippen LogP contribution in [0.1, 0.15) is 33.1 Å². The highest BCUT2D eigenvalue weighted by molar-refractivity contribution is 7.91. The summed E-state index contributed by atoms with van der Waals surface area (Å²) in [5.74, 6) is 1.51. The van der Waals surface area contributed by atoms with Crippen LogP contribution in [0.5, 0.6) is 0 Å². The molecule has 2 atom stereocenters. The summed E-state index contributed by atoms with van der Waals surface area (Å²) in [6.45, 7) is 4.33. The van der Waals surface area contributed by atoms with Gasteiger partial charge in [-0.2, -0.15) is 0 Å². The van der Waals surface area contributed by atoms with E-state index in [1.54, 1.807) is 0 Å². The van der Waals surface area contributed by atoms with E-state index in [0.29, 0.717) is 17.4 Å². The van der Waals surface area contributed by atoms with Gasteiger partial charge in [0.15, 0.2) is 9.84 Å². The van der Waals surface area contributed by atoms with Crippen LogP contribution in [0.15, 0.2) is 0 Å². The van der Waals surface area contributed by atoms with E-state index < -0.39 is 9.84 Å². The third kappa shape index (κ3) is 3.58. The van der Waals surface area contributed by atoms with Crippen molar-refractivity contribution in [1.82, 2.24) is 0 Å². The molecule has 3 nitrogen and oxygen atoms in total. The first-order chi connectivity index (χ1) is 6.41. The summed E-state index contributed by atoms with van der Waals surface area (Å²) < 4.78 is 22.5. The second-order valence-corrected chi connectivity index (χ2v) is 7.03. The standard InChI is InChI=1S/C10H21NO2S/c1-8(2)3-4-10(11)9-5-6-14(12,13)7-9/h8-10H,3-7,11H2,1-2H3. The van der Waals surface area contributed by atoms with Crippen LogP contribution in [0.25, 0.3) is 0 Å². The third-order valence-electron chi connectivity index (χ3n) is 2.95. The fraction of sp³-hybridized carbons (Fsp3) is 1.00. The van der Waals surface area contributed by atoms with Crippen molar-refractivity contribution in [3.8, 4) is 0 Å². The van der Waals surface area contributed by atoms with Gasteiger partial charge in [0.1, 0.15) is 0 Å². The summed E-state index contributed by atoms with van der Waals surface area (Å²) in [6.07, 6.45) is 2.82. The highest BCUT2D eigenvalue weighted by Crippen LogP contribution is 2.23. The van der Waals surface area contributed by atoms with Crippen LogP contribution in [0.3, 0.4) is 0 Å². The second kappa shape index (κ2) is 4.62. The maximum Gasteiger partial charge on any atom is 0.150 e. The molecule has 0 aliphatic carbocycles. The highest BCUT2D eigenvalue weighted by atomic mass is 32.2. The van der Waals surface area contributed by atoms with Crippen LogP contribution in [0.4, 0.5) is 0 Å². The van der Waals surface area contributed by atoms with Gasteiger partial charge in [0.2, 0.25) is 0 Å². The third-order valence-corrected chi connectivity index (χ3v) is 4.74. The first-order valence-corrected chi connectivity index (χ1v) is 7.19. The summed E-state index contributed by atoms with van der Waals surface area (Å²) in [4.78, 5) is 0. The molecule has 0 aromatic carbocycles. The van der Waals surface area contributed by atoms with E-state index >= 15 is 0 Å². The molecule has 1 saturated heterocycles. The van der Waals surface area contributed by atoms with Crippen LogP contribution < -0.4 is 5.73 Å². The lowest BCUT2D eigenvalue weighted by Gasteiger charge is -2.18. The van der Waals surface area contributed by atoms with E-state index in [-0.39, 0.29) is 12.0 Å². The Hall–Kier alpha value is -0.0900. The molecule has 4 heteroatoms. The Morgan fingerprint density at radius 3 is 2.43 bits per heavy atom. The predicted molar refractivity (Wildman–Crippen MR) is 58.8 cm³/mol. The molecule has 1 heterocycles. The largest absolute Gasteiger partial charge is 0.327 e. The van der Waals surface area contributed by atoms with Gasteiger partial charge in [0.05, 0.1) is 11.5 Å². The average molecular weight is 219 g/mol. The predicted octanol–water partition coefficient (Wildman–Crippen LogP) is 1.18. The van der Waals surface area contributed by atoms with Gasteiger partial charge >= 0.3 is 0 Å². The van der Waals surface area contributed by atoms with Crippen LogP contribution in [0, 0.1) is 11.8 Å². The first-order valence-electron chi connectivity index (χ1n) is 5.37. The minimum absolute atomic E-state index is 0.0784. The molecule has 84 valence electrons. The van der Waals surface area contributed by atoms with E-state index in [1.165, 1.54) is 0 Å². The van der Waals surface area contributed by atoms with Gasteiger partial charge in [0, 0.05) is 6.04 Å². The normalized spacial score (nSPS) is 28.1. The minimum Gasteiger partial charge on any atom is -0.327 e. The summed E-state index contributed by atoms with van der Waals surface area (Å²) in [7, 11) is -2.76. The Morgan fingerprint density at radius 1 is 1.36 bits per heavy atom. The lowest BCUT2D eigenvalue weighted by molar-refractivity contribution is 0.401. The van der Waals surface area contributed by atoms with Gasteiger partial charge < -0.3 is 5.73 Å². The zero-order chi connectivity index (χ0) is 10.8. The molecule has 0 aromatic heterocycles. The van der Waals surface area contributed by atoms with Gasteiger partial charge in [0.25, 0.3) is 0 Å². The molecule has 0 radical (unpaired) electrons. The second-order valence-electron chi connectivity index (χ2n) is 4.80. The number of hydrogen-bond acceptors (Lipinski definition) is 3.